The van der Waals surface area contributed by atoms with Crippen molar-refractivity contribution in [1.29, 1.82) is 0 Å². The molecule has 2 amide bonds. The van der Waals surface area contributed by atoms with Crippen LogP contribution in [-0.2, 0) is 14.9 Å². The molecule has 3 rings (SSSR count). The SMILES string of the molecule is COCCN(CC(=O)Nc1cc(C(C)(C)C)nn1-c1ccc(OC)cc1)C(=O)c1ccc(OC)cc1OC. The predicted molar refractivity (Wildman–Crippen MR) is 145 cm³/mol. The maximum atomic E-state index is 13.4. The molecule has 0 bridgehead atoms. The first-order valence-electron chi connectivity index (χ1n) is 12.2. The largest absolute Gasteiger partial charge is 0.497 e. The smallest absolute Gasteiger partial charge is 0.258 e. The summed E-state index contributed by atoms with van der Waals surface area (Å²) in [5.41, 5.74) is 1.63. The van der Waals surface area contributed by atoms with Crippen LogP contribution in [-0.4, -0.2) is 74.6 Å². The van der Waals surface area contributed by atoms with E-state index in [1.807, 2.05) is 51.1 Å². The predicted octanol–water partition coefficient (Wildman–Crippen LogP) is 3.92. The van der Waals surface area contributed by atoms with Crippen LogP contribution in [0.4, 0.5) is 5.82 Å². The van der Waals surface area contributed by atoms with E-state index in [0.717, 1.165) is 11.4 Å². The van der Waals surface area contributed by atoms with Crippen LogP contribution in [0.15, 0.2) is 48.5 Å². The quantitative estimate of drug-likeness (QED) is 0.405. The minimum Gasteiger partial charge on any atom is -0.497 e. The highest BCUT2D eigenvalue weighted by atomic mass is 16.5. The van der Waals surface area contributed by atoms with E-state index in [0.29, 0.717) is 28.6 Å². The first-order valence-corrected chi connectivity index (χ1v) is 12.2. The van der Waals surface area contributed by atoms with Gasteiger partial charge >= 0.3 is 0 Å². The molecular weight excluding hydrogens is 488 g/mol. The fraction of sp³-hybridized carbons (Fsp3) is 0.393. The van der Waals surface area contributed by atoms with Crippen molar-refractivity contribution < 1.29 is 28.5 Å². The van der Waals surface area contributed by atoms with Gasteiger partial charge in [0, 0.05) is 31.2 Å². The highest BCUT2D eigenvalue weighted by molar-refractivity contribution is 6.01. The summed E-state index contributed by atoms with van der Waals surface area (Å²) < 4.78 is 22.7. The molecule has 0 aliphatic heterocycles. The summed E-state index contributed by atoms with van der Waals surface area (Å²) in [6.45, 7) is 6.42. The van der Waals surface area contributed by atoms with Gasteiger partial charge in [-0.2, -0.15) is 5.10 Å². The van der Waals surface area contributed by atoms with Gasteiger partial charge in [-0.25, -0.2) is 4.68 Å². The van der Waals surface area contributed by atoms with Crippen LogP contribution in [0.5, 0.6) is 17.2 Å². The number of rotatable bonds is 11. The van der Waals surface area contributed by atoms with Crippen molar-refractivity contribution in [3.05, 3.63) is 59.8 Å². The van der Waals surface area contributed by atoms with Crippen molar-refractivity contribution in [3.63, 3.8) is 0 Å². The number of anilines is 1. The Bertz CT molecular complexity index is 1250. The van der Waals surface area contributed by atoms with Crippen molar-refractivity contribution in [2.24, 2.45) is 0 Å². The molecule has 2 aromatic carbocycles. The number of benzene rings is 2. The fourth-order valence-corrected chi connectivity index (χ4v) is 3.71. The molecule has 1 N–H and O–H groups in total. The summed E-state index contributed by atoms with van der Waals surface area (Å²) in [5.74, 6) is 1.37. The van der Waals surface area contributed by atoms with E-state index >= 15 is 0 Å². The van der Waals surface area contributed by atoms with Crippen LogP contribution < -0.4 is 19.5 Å². The first-order chi connectivity index (χ1) is 18.1. The van der Waals surface area contributed by atoms with Gasteiger partial charge in [0.2, 0.25) is 5.91 Å². The van der Waals surface area contributed by atoms with E-state index < -0.39 is 0 Å². The molecule has 0 atom stereocenters. The van der Waals surface area contributed by atoms with E-state index in [2.05, 4.69) is 5.32 Å². The second-order valence-corrected chi connectivity index (χ2v) is 9.61. The Morgan fingerprint density at radius 3 is 2.16 bits per heavy atom. The number of carbonyl (C=O) groups excluding carboxylic acids is 2. The van der Waals surface area contributed by atoms with Crippen LogP contribution in [0.2, 0.25) is 0 Å². The number of methoxy groups -OCH3 is 4. The lowest BCUT2D eigenvalue weighted by Gasteiger charge is -2.23. The van der Waals surface area contributed by atoms with E-state index in [-0.39, 0.29) is 36.9 Å². The Morgan fingerprint density at radius 1 is 0.921 bits per heavy atom. The average Bonchev–Trinajstić information content (AvgIpc) is 3.34. The van der Waals surface area contributed by atoms with Crippen molar-refractivity contribution in [1.82, 2.24) is 14.7 Å². The maximum Gasteiger partial charge on any atom is 0.258 e. The molecule has 0 radical (unpaired) electrons. The second-order valence-electron chi connectivity index (χ2n) is 9.61. The minimum atomic E-state index is -0.378. The third-order valence-electron chi connectivity index (χ3n) is 5.89. The molecule has 0 spiro atoms. The number of hydrogen-bond donors (Lipinski definition) is 1. The van der Waals surface area contributed by atoms with Gasteiger partial charge < -0.3 is 29.2 Å². The van der Waals surface area contributed by atoms with Gasteiger partial charge in [0.25, 0.3) is 5.91 Å². The number of amides is 2. The Morgan fingerprint density at radius 2 is 1.58 bits per heavy atom. The van der Waals surface area contributed by atoms with E-state index in [1.54, 1.807) is 30.0 Å². The van der Waals surface area contributed by atoms with Gasteiger partial charge in [0.05, 0.1) is 44.9 Å². The Labute approximate surface area is 223 Å². The van der Waals surface area contributed by atoms with Crippen molar-refractivity contribution in [2.45, 2.75) is 26.2 Å². The molecule has 10 nitrogen and oxygen atoms in total. The van der Waals surface area contributed by atoms with Gasteiger partial charge in [-0.15, -0.1) is 0 Å². The number of nitrogens with zero attached hydrogens (tertiary/aromatic N) is 3. The molecule has 0 saturated heterocycles. The van der Waals surface area contributed by atoms with E-state index in [9.17, 15) is 9.59 Å². The average molecular weight is 525 g/mol. The standard InChI is InChI=1S/C28H36N4O6/c1-28(2,3)24-17-25(32(30-24)19-8-10-20(36-5)11-9-19)29-26(33)18-31(14-15-35-4)27(34)22-13-12-21(37-6)16-23(22)38-7/h8-13,16-17H,14-15,18H2,1-7H3,(H,29,33). The highest BCUT2D eigenvalue weighted by Crippen LogP contribution is 2.28. The number of nitrogens with one attached hydrogen (secondary N) is 1. The summed E-state index contributed by atoms with van der Waals surface area (Å²) in [7, 11) is 6.15. The summed E-state index contributed by atoms with van der Waals surface area (Å²) in [6.07, 6.45) is 0. The lowest BCUT2D eigenvalue weighted by atomic mass is 9.92. The number of aromatic nitrogens is 2. The Hall–Kier alpha value is -4.05. The topological polar surface area (TPSA) is 104 Å². The number of carbonyl (C=O) groups is 2. The van der Waals surface area contributed by atoms with Crippen LogP contribution in [0.25, 0.3) is 5.69 Å². The van der Waals surface area contributed by atoms with E-state index in [4.69, 9.17) is 24.0 Å². The lowest BCUT2D eigenvalue weighted by Crippen LogP contribution is -2.40. The number of hydrogen-bond acceptors (Lipinski definition) is 7. The molecule has 0 fully saturated rings. The third-order valence-corrected chi connectivity index (χ3v) is 5.89. The van der Waals surface area contributed by atoms with Gasteiger partial charge in [0.1, 0.15) is 29.6 Å². The minimum absolute atomic E-state index is 0.198. The lowest BCUT2D eigenvalue weighted by molar-refractivity contribution is -0.117. The van der Waals surface area contributed by atoms with Gasteiger partial charge in [-0.3, -0.25) is 9.59 Å². The Kier molecular flexibility index (Phi) is 9.35. The van der Waals surface area contributed by atoms with Crippen LogP contribution in [0.1, 0.15) is 36.8 Å². The highest BCUT2D eigenvalue weighted by Gasteiger charge is 2.25. The van der Waals surface area contributed by atoms with E-state index in [1.165, 1.54) is 26.2 Å². The second kappa shape index (κ2) is 12.5. The monoisotopic (exact) mass is 524 g/mol. The van der Waals surface area contributed by atoms with Gasteiger partial charge in [-0.1, -0.05) is 20.8 Å². The molecular formula is C28H36N4O6. The zero-order chi connectivity index (χ0) is 27.9. The van der Waals surface area contributed by atoms with Crippen molar-refractivity contribution >= 4 is 17.6 Å². The molecule has 1 heterocycles. The molecule has 1 aromatic heterocycles. The third kappa shape index (κ3) is 6.83. The zero-order valence-corrected chi connectivity index (χ0v) is 23.0. The molecule has 0 saturated carbocycles. The molecule has 0 aliphatic carbocycles. The Balaban J connectivity index is 1.88. The van der Waals surface area contributed by atoms with Crippen molar-refractivity contribution in [3.8, 4) is 22.9 Å². The van der Waals surface area contributed by atoms with Crippen LogP contribution in [0, 0.1) is 0 Å². The molecule has 0 unspecified atom stereocenters. The van der Waals surface area contributed by atoms with Gasteiger partial charge in [-0.05, 0) is 36.4 Å². The molecule has 38 heavy (non-hydrogen) atoms. The van der Waals surface area contributed by atoms with Crippen LogP contribution >= 0.6 is 0 Å². The summed E-state index contributed by atoms with van der Waals surface area (Å²) in [5, 5.41) is 7.68. The fourth-order valence-electron chi connectivity index (χ4n) is 3.71. The normalized spacial score (nSPS) is 11.1. The van der Waals surface area contributed by atoms with Gasteiger partial charge in [0.15, 0.2) is 0 Å². The molecule has 204 valence electrons. The number of ether oxygens (including phenoxy) is 4. The van der Waals surface area contributed by atoms with Crippen molar-refractivity contribution in [2.75, 3.05) is 53.5 Å². The summed E-state index contributed by atoms with van der Waals surface area (Å²) in [4.78, 5) is 28.1. The molecule has 3 aromatic rings. The molecule has 10 heteroatoms. The van der Waals surface area contributed by atoms with Crippen LogP contribution in [0.3, 0.4) is 0 Å². The summed E-state index contributed by atoms with van der Waals surface area (Å²) >= 11 is 0. The summed E-state index contributed by atoms with van der Waals surface area (Å²) in [6, 6.07) is 14.1. The first kappa shape index (κ1) is 28.5. The molecule has 0 aliphatic rings. The zero-order valence-electron chi connectivity index (χ0n) is 23.0. The maximum absolute atomic E-state index is 13.4.